The molecule has 8 heteroatoms. The highest BCUT2D eigenvalue weighted by Gasteiger charge is 2.24. The summed E-state index contributed by atoms with van der Waals surface area (Å²) in [5.41, 5.74) is 0.582. The van der Waals surface area contributed by atoms with E-state index in [2.05, 4.69) is 30.9 Å². The van der Waals surface area contributed by atoms with E-state index < -0.39 is 0 Å². The van der Waals surface area contributed by atoms with Crippen molar-refractivity contribution in [1.82, 2.24) is 19.9 Å². The molecule has 0 spiro atoms. The molecular weight excluding hydrogens is 388 g/mol. The lowest BCUT2D eigenvalue weighted by molar-refractivity contribution is 0.0657. The van der Waals surface area contributed by atoms with Gasteiger partial charge >= 0.3 is 6.01 Å². The monoisotopic (exact) mass is 406 g/mol. The van der Waals surface area contributed by atoms with Gasteiger partial charge in [-0.1, -0.05) is 0 Å². The van der Waals surface area contributed by atoms with Crippen molar-refractivity contribution >= 4 is 21.8 Å². The molecule has 2 aromatic rings. The molecule has 0 atom stereocenters. The van der Waals surface area contributed by atoms with Crippen molar-refractivity contribution in [3.63, 3.8) is 0 Å². The Labute approximate surface area is 154 Å². The molecule has 25 heavy (non-hydrogen) atoms. The number of pyridine rings is 1. The van der Waals surface area contributed by atoms with Gasteiger partial charge in [0.05, 0.1) is 23.8 Å². The fraction of sp³-hybridized carbons (Fsp3) is 0.412. The summed E-state index contributed by atoms with van der Waals surface area (Å²) >= 11 is 3.29. The number of amides is 1. The molecule has 0 bridgehead atoms. The van der Waals surface area contributed by atoms with Gasteiger partial charge < -0.3 is 14.4 Å². The number of carbonyl (C=O) groups excluding carboxylic acids is 1. The predicted octanol–water partition coefficient (Wildman–Crippen LogP) is 2.57. The van der Waals surface area contributed by atoms with E-state index in [9.17, 15) is 4.79 Å². The van der Waals surface area contributed by atoms with Gasteiger partial charge in [0.1, 0.15) is 0 Å². The van der Waals surface area contributed by atoms with Gasteiger partial charge in [0.15, 0.2) is 0 Å². The molecule has 3 heterocycles. The highest BCUT2D eigenvalue weighted by Crippen LogP contribution is 2.20. The van der Waals surface area contributed by atoms with E-state index in [0.717, 1.165) is 17.3 Å². The Bertz CT molecular complexity index is 701. The molecule has 7 nitrogen and oxygen atoms in total. The van der Waals surface area contributed by atoms with Crippen LogP contribution in [-0.2, 0) is 0 Å². The Morgan fingerprint density at radius 2 is 1.92 bits per heavy atom. The maximum Gasteiger partial charge on any atom is 0.316 e. The average Bonchev–Trinajstić information content (AvgIpc) is 2.67. The normalized spacial score (nSPS) is 15.0. The zero-order valence-electron chi connectivity index (χ0n) is 13.9. The SMILES string of the molecule is COc1ccc(C(=O)N2CCC(COc3ncc(Br)cn3)CC2)cn1. The number of halogens is 1. The zero-order chi connectivity index (χ0) is 17.6. The van der Waals surface area contributed by atoms with E-state index in [1.54, 1.807) is 37.8 Å². The Morgan fingerprint density at radius 3 is 2.52 bits per heavy atom. The second kappa shape index (κ2) is 8.24. The number of methoxy groups -OCH3 is 1. The number of hydrogen-bond donors (Lipinski definition) is 0. The highest BCUT2D eigenvalue weighted by molar-refractivity contribution is 9.10. The van der Waals surface area contributed by atoms with Crippen molar-refractivity contribution in [2.24, 2.45) is 5.92 Å². The van der Waals surface area contributed by atoms with Gasteiger partial charge in [0, 0.05) is 37.7 Å². The van der Waals surface area contributed by atoms with Gasteiger partial charge in [0.25, 0.3) is 5.91 Å². The highest BCUT2D eigenvalue weighted by atomic mass is 79.9. The van der Waals surface area contributed by atoms with Crippen LogP contribution >= 0.6 is 15.9 Å². The molecule has 0 unspecified atom stereocenters. The van der Waals surface area contributed by atoms with E-state index >= 15 is 0 Å². The quantitative estimate of drug-likeness (QED) is 0.759. The average molecular weight is 407 g/mol. The minimum atomic E-state index is 0.00534. The van der Waals surface area contributed by atoms with Gasteiger partial charge in [0.2, 0.25) is 5.88 Å². The Kier molecular flexibility index (Phi) is 5.80. The van der Waals surface area contributed by atoms with Crippen LogP contribution in [0.1, 0.15) is 23.2 Å². The summed E-state index contributed by atoms with van der Waals surface area (Å²) in [5, 5.41) is 0. The second-order valence-electron chi connectivity index (χ2n) is 5.82. The molecule has 2 aromatic heterocycles. The first-order valence-electron chi connectivity index (χ1n) is 8.05. The number of piperidine rings is 1. The summed E-state index contributed by atoms with van der Waals surface area (Å²) < 4.78 is 11.5. The van der Waals surface area contributed by atoms with E-state index in [1.807, 2.05) is 4.90 Å². The van der Waals surface area contributed by atoms with Crippen LogP contribution in [0, 0.1) is 5.92 Å². The van der Waals surface area contributed by atoms with Crippen molar-refractivity contribution in [3.05, 3.63) is 40.8 Å². The molecule has 0 radical (unpaired) electrons. The molecule has 3 rings (SSSR count). The van der Waals surface area contributed by atoms with Crippen molar-refractivity contribution in [2.45, 2.75) is 12.8 Å². The molecular formula is C17H19BrN4O3. The minimum absolute atomic E-state index is 0.00534. The third-order valence-electron chi connectivity index (χ3n) is 4.14. The Hall–Kier alpha value is -2.22. The fourth-order valence-corrected chi connectivity index (χ4v) is 2.88. The summed E-state index contributed by atoms with van der Waals surface area (Å²) in [4.78, 5) is 26.6. The van der Waals surface area contributed by atoms with Gasteiger partial charge in [-0.15, -0.1) is 0 Å². The van der Waals surface area contributed by atoms with Crippen LogP contribution in [0.25, 0.3) is 0 Å². The van der Waals surface area contributed by atoms with E-state index in [0.29, 0.717) is 43.1 Å². The van der Waals surface area contributed by atoms with Crippen LogP contribution in [0.3, 0.4) is 0 Å². The Morgan fingerprint density at radius 1 is 1.20 bits per heavy atom. The summed E-state index contributed by atoms with van der Waals surface area (Å²) in [6, 6.07) is 3.83. The van der Waals surface area contributed by atoms with E-state index in [4.69, 9.17) is 9.47 Å². The smallest absolute Gasteiger partial charge is 0.316 e. The summed E-state index contributed by atoms with van der Waals surface area (Å²) in [6.45, 7) is 1.98. The third-order valence-corrected chi connectivity index (χ3v) is 4.55. The lowest BCUT2D eigenvalue weighted by atomic mass is 9.97. The number of hydrogen-bond acceptors (Lipinski definition) is 6. The first-order chi connectivity index (χ1) is 12.2. The van der Waals surface area contributed by atoms with Crippen molar-refractivity contribution in [2.75, 3.05) is 26.8 Å². The van der Waals surface area contributed by atoms with Crippen molar-refractivity contribution < 1.29 is 14.3 Å². The van der Waals surface area contributed by atoms with Crippen molar-refractivity contribution in [1.29, 1.82) is 0 Å². The van der Waals surface area contributed by atoms with E-state index in [1.165, 1.54) is 0 Å². The molecule has 1 aliphatic heterocycles. The molecule has 0 saturated carbocycles. The molecule has 0 N–H and O–H groups in total. The number of aromatic nitrogens is 3. The Balaban J connectivity index is 1.47. The van der Waals surface area contributed by atoms with Crippen LogP contribution in [0.2, 0.25) is 0 Å². The maximum atomic E-state index is 12.5. The van der Waals surface area contributed by atoms with Crippen LogP contribution in [0.4, 0.5) is 0 Å². The van der Waals surface area contributed by atoms with Gasteiger partial charge in [-0.05, 0) is 40.8 Å². The first-order valence-corrected chi connectivity index (χ1v) is 8.84. The maximum absolute atomic E-state index is 12.5. The number of rotatable bonds is 5. The van der Waals surface area contributed by atoms with Crippen LogP contribution in [0.15, 0.2) is 35.2 Å². The predicted molar refractivity (Wildman–Crippen MR) is 94.6 cm³/mol. The largest absolute Gasteiger partial charge is 0.481 e. The van der Waals surface area contributed by atoms with Gasteiger partial charge in [-0.2, -0.15) is 0 Å². The van der Waals surface area contributed by atoms with Crippen LogP contribution in [-0.4, -0.2) is 52.6 Å². The zero-order valence-corrected chi connectivity index (χ0v) is 15.5. The topological polar surface area (TPSA) is 77.4 Å². The molecule has 132 valence electrons. The number of likely N-dealkylation sites (tertiary alicyclic amines) is 1. The number of ether oxygens (including phenoxy) is 2. The molecule has 1 amide bonds. The summed E-state index contributed by atoms with van der Waals surface area (Å²) in [7, 11) is 1.55. The summed E-state index contributed by atoms with van der Waals surface area (Å²) in [5.74, 6) is 0.902. The van der Waals surface area contributed by atoms with Crippen LogP contribution in [0.5, 0.6) is 11.9 Å². The molecule has 0 aliphatic carbocycles. The minimum Gasteiger partial charge on any atom is -0.481 e. The van der Waals surface area contributed by atoms with E-state index in [-0.39, 0.29) is 5.91 Å². The molecule has 1 fully saturated rings. The van der Waals surface area contributed by atoms with Gasteiger partial charge in [-0.25, -0.2) is 15.0 Å². The fourth-order valence-electron chi connectivity index (χ4n) is 2.68. The summed E-state index contributed by atoms with van der Waals surface area (Å²) in [6.07, 6.45) is 6.66. The molecule has 0 aromatic carbocycles. The lowest BCUT2D eigenvalue weighted by Crippen LogP contribution is -2.39. The van der Waals surface area contributed by atoms with Gasteiger partial charge in [-0.3, -0.25) is 4.79 Å². The lowest BCUT2D eigenvalue weighted by Gasteiger charge is -2.31. The van der Waals surface area contributed by atoms with Crippen molar-refractivity contribution in [3.8, 4) is 11.9 Å². The number of nitrogens with zero attached hydrogens (tertiary/aromatic N) is 4. The first kappa shape index (κ1) is 17.6. The third kappa shape index (κ3) is 4.66. The molecule has 1 aliphatic rings. The number of carbonyl (C=O) groups is 1. The van der Waals surface area contributed by atoms with Crippen LogP contribution < -0.4 is 9.47 Å². The molecule has 1 saturated heterocycles. The second-order valence-corrected chi connectivity index (χ2v) is 6.74. The standard InChI is InChI=1S/C17H19BrN4O3/c1-24-15-3-2-13(8-19-15)16(23)22-6-4-12(5-7-22)11-25-17-20-9-14(18)10-21-17/h2-3,8-10,12H,4-7,11H2,1H3.